The molecule has 3 saturated carbocycles. The third-order valence-corrected chi connectivity index (χ3v) is 9.07. The molecule has 4 rings (SSSR count). The summed E-state index contributed by atoms with van der Waals surface area (Å²) in [5.74, 6) is -0.363. The fourth-order valence-electron chi connectivity index (χ4n) is 7.19. The predicted octanol–water partition coefficient (Wildman–Crippen LogP) is 1.72. The number of hydrogen-bond donors (Lipinski definition) is 4. The molecule has 0 aromatic heterocycles. The maximum Gasteiger partial charge on any atom is 0.162 e. The summed E-state index contributed by atoms with van der Waals surface area (Å²) in [5, 5.41) is 44.2. The Labute approximate surface area is 155 Å². The van der Waals surface area contributed by atoms with Crippen molar-refractivity contribution in [2.24, 2.45) is 22.7 Å². The van der Waals surface area contributed by atoms with Gasteiger partial charge in [0.2, 0.25) is 0 Å². The minimum Gasteiger partial charge on any atom is -0.393 e. The van der Waals surface area contributed by atoms with Crippen LogP contribution in [0.25, 0.3) is 0 Å². The highest BCUT2D eigenvalue weighted by molar-refractivity contribution is 5.86. The van der Waals surface area contributed by atoms with Crippen molar-refractivity contribution in [3.8, 4) is 0 Å². The molecule has 5 heteroatoms. The zero-order valence-corrected chi connectivity index (χ0v) is 16.0. The summed E-state index contributed by atoms with van der Waals surface area (Å²) in [5.41, 5.74) is -3.09. The Morgan fingerprint density at radius 2 is 1.81 bits per heavy atom. The van der Waals surface area contributed by atoms with Gasteiger partial charge in [-0.15, -0.1) is 0 Å². The van der Waals surface area contributed by atoms with Gasteiger partial charge in [0, 0.05) is 0 Å². The molecule has 0 bridgehead atoms. The molecule has 4 aliphatic rings. The lowest BCUT2D eigenvalue weighted by atomic mass is 9.44. The molecule has 0 amide bonds. The Kier molecular flexibility index (Phi) is 3.87. The monoisotopic (exact) mass is 364 g/mol. The SMILES string of the molecule is CC(=O)[C@]1(O)CC[C@]2(O)[C@@H]3CC=C4C[C@@H](O)CC[C@]4(C)[C@H]3C[C@@H](O)[C@]12C. The van der Waals surface area contributed by atoms with Gasteiger partial charge in [-0.05, 0) is 69.1 Å². The van der Waals surface area contributed by atoms with Crippen LogP contribution in [0.4, 0.5) is 0 Å². The lowest BCUT2D eigenvalue weighted by molar-refractivity contribution is -0.253. The molecule has 4 N–H and O–H groups in total. The molecule has 0 spiro atoms. The largest absolute Gasteiger partial charge is 0.393 e. The van der Waals surface area contributed by atoms with E-state index in [0.717, 1.165) is 12.8 Å². The number of rotatable bonds is 1. The van der Waals surface area contributed by atoms with E-state index < -0.39 is 22.7 Å². The van der Waals surface area contributed by atoms with Crippen molar-refractivity contribution in [2.45, 2.75) is 89.1 Å². The van der Waals surface area contributed by atoms with Crippen molar-refractivity contribution < 1.29 is 25.2 Å². The maximum atomic E-state index is 12.3. The van der Waals surface area contributed by atoms with Gasteiger partial charge in [-0.25, -0.2) is 0 Å². The number of fused-ring (bicyclic) bond motifs is 5. The van der Waals surface area contributed by atoms with Crippen molar-refractivity contribution >= 4 is 5.78 Å². The van der Waals surface area contributed by atoms with E-state index in [-0.39, 0.29) is 35.6 Å². The van der Waals surface area contributed by atoms with Crippen LogP contribution in [0.15, 0.2) is 11.6 Å². The van der Waals surface area contributed by atoms with Crippen LogP contribution in [-0.4, -0.2) is 49.6 Å². The Morgan fingerprint density at radius 1 is 1.12 bits per heavy atom. The standard InChI is InChI=1S/C21H32O5/c1-12(22)20(25)8-9-21(26)15-5-4-13-10-14(23)6-7-18(13,2)16(15)11-17(24)19(20,21)3/h4,14-17,23-26H,5-11H2,1-3H3/t14-,15+,16-,17+,18-,19+,20+,21-/m0/s1. The summed E-state index contributed by atoms with van der Waals surface area (Å²) < 4.78 is 0. The highest BCUT2D eigenvalue weighted by atomic mass is 16.3. The minimum atomic E-state index is -1.68. The molecule has 0 aliphatic heterocycles. The summed E-state index contributed by atoms with van der Waals surface area (Å²) >= 11 is 0. The zero-order chi connectivity index (χ0) is 19.1. The first-order valence-electron chi connectivity index (χ1n) is 10.0. The van der Waals surface area contributed by atoms with Crippen molar-refractivity contribution in [3.63, 3.8) is 0 Å². The zero-order valence-electron chi connectivity index (χ0n) is 16.0. The molecule has 0 aromatic rings. The Hall–Kier alpha value is -0.750. The molecular formula is C21H32O5. The quantitative estimate of drug-likeness (QED) is 0.531. The summed E-state index contributed by atoms with van der Waals surface area (Å²) in [6.45, 7) is 5.26. The molecule has 5 nitrogen and oxygen atoms in total. The average molecular weight is 364 g/mol. The van der Waals surface area contributed by atoms with Crippen molar-refractivity contribution in [1.82, 2.24) is 0 Å². The lowest BCUT2D eigenvalue weighted by Crippen LogP contribution is -2.70. The molecule has 0 unspecified atom stereocenters. The van der Waals surface area contributed by atoms with Crippen LogP contribution in [0, 0.1) is 22.7 Å². The van der Waals surface area contributed by atoms with E-state index in [1.807, 2.05) is 0 Å². The Bertz CT molecular complexity index is 673. The van der Waals surface area contributed by atoms with Crippen LogP contribution in [0.3, 0.4) is 0 Å². The molecule has 0 aromatic carbocycles. The van der Waals surface area contributed by atoms with Gasteiger partial charge in [-0.3, -0.25) is 4.79 Å². The molecule has 26 heavy (non-hydrogen) atoms. The number of allylic oxidation sites excluding steroid dienone is 1. The van der Waals surface area contributed by atoms with Crippen molar-refractivity contribution in [1.29, 1.82) is 0 Å². The van der Waals surface area contributed by atoms with Crippen LogP contribution in [0.2, 0.25) is 0 Å². The first-order valence-corrected chi connectivity index (χ1v) is 10.0. The molecule has 4 aliphatic carbocycles. The topological polar surface area (TPSA) is 98.0 Å². The molecule has 0 heterocycles. The van der Waals surface area contributed by atoms with E-state index in [4.69, 9.17) is 0 Å². The maximum absolute atomic E-state index is 12.3. The second-order valence-electron chi connectivity index (χ2n) is 9.79. The van der Waals surface area contributed by atoms with Gasteiger partial charge < -0.3 is 20.4 Å². The van der Waals surface area contributed by atoms with E-state index in [1.54, 1.807) is 6.92 Å². The van der Waals surface area contributed by atoms with Gasteiger partial charge in [-0.1, -0.05) is 25.5 Å². The van der Waals surface area contributed by atoms with Crippen LogP contribution < -0.4 is 0 Å². The van der Waals surface area contributed by atoms with Crippen LogP contribution in [0.1, 0.15) is 65.7 Å². The van der Waals surface area contributed by atoms with Gasteiger partial charge in [0.1, 0.15) is 5.60 Å². The normalized spacial score (nSPS) is 56.2. The summed E-state index contributed by atoms with van der Waals surface area (Å²) in [7, 11) is 0. The number of carbonyl (C=O) groups is 1. The number of carbonyl (C=O) groups excluding carboxylic acids is 1. The lowest BCUT2D eigenvalue weighted by Gasteiger charge is -2.63. The van der Waals surface area contributed by atoms with E-state index in [1.165, 1.54) is 12.5 Å². The number of hydrogen-bond acceptors (Lipinski definition) is 5. The van der Waals surface area contributed by atoms with Crippen LogP contribution >= 0.6 is 0 Å². The van der Waals surface area contributed by atoms with Gasteiger partial charge in [0.05, 0.1) is 23.2 Å². The van der Waals surface area contributed by atoms with Gasteiger partial charge in [0.25, 0.3) is 0 Å². The third-order valence-electron chi connectivity index (χ3n) is 9.07. The van der Waals surface area contributed by atoms with Crippen LogP contribution in [-0.2, 0) is 4.79 Å². The molecule has 0 radical (unpaired) electrons. The highest BCUT2D eigenvalue weighted by Gasteiger charge is 2.75. The first kappa shape index (κ1) is 18.6. The van der Waals surface area contributed by atoms with Gasteiger partial charge >= 0.3 is 0 Å². The highest BCUT2D eigenvalue weighted by Crippen LogP contribution is 2.68. The number of ketones is 1. The molecule has 0 saturated heterocycles. The number of Topliss-reactive ketones (excluding diaryl/α,β-unsaturated/α-hetero) is 1. The summed E-state index contributed by atoms with van der Waals surface area (Å²) in [6.07, 6.45) is 4.86. The van der Waals surface area contributed by atoms with Crippen molar-refractivity contribution in [3.05, 3.63) is 11.6 Å². The number of aliphatic hydroxyl groups is 4. The summed E-state index contributed by atoms with van der Waals surface area (Å²) in [6, 6.07) is 0. The van der Waals surface area contributed by atoms with Crippen LogP contribution in [0.5, 0.6) is 0 Å². The smallest absolute Gasteiger partial charge is 0.162 e. The van der Waals surface area contributed by atoms with Crippen molar-refractivity contribution in [2.75, 3.05) is 0 Å². The average Bonchev–Trinajstić information content (AvgIpc) is 2.80. The fraction of sp³-hybridized carbons (Fsp3) is 0.857. The molecule has 8 atom stereocenters. The van der Waals surface area contributed by atoms with E-state index >= 15 is 0 Å². The van der Waals surface area contributed by atoms with E-state index in [2.05, 4.69) is 13.0 Å². The Balaban J connectivity index is 1.80. The van der Waals surface area contributed by atoms with Gasteiger partial charge in [0.15, 0.2) is 5.78 Å². The minimum absolute atomic E-state index is 0.0896. The predicted molar refractivity (Wildman–Crippen MR) is 96.2 cm³/mol. The second-order valence-corrected chi connectivity index (χ2v) is 9.79. The summed E-state index contributed by atoms with van der Waals surface area (Å²) in [4.78, 5) is 12.3. The molecular weight excluding hydrogens is 332 g/mol. The third kappa shape index (κ3) is 1.93. The first-order chi connectivity index (χ1) is 12.0. The van der Waals surface area contributed by atoms with E-state index in [9.17, 15) is 25.2 Å². The Morgan fingerprint density at radius 3 is 2.46 bits per heavy atom. The fourth-order valence-corrected chi connectivity index (χ4v) is 7.19. The molecule has 146 valence electrons. The van der Waals surface area contributed by atoms with Gasteiger partial charge in [-0.2, -0.15) is 0 Å². The number of aliphatic hydroxyl groups excluding tert-OH is 2. The molecule has 3 fully saturated rings. The van der Waals surface area contributed by atoms with E-state index in [0.29, 0.717) is 25.7 Å². The second kappa shape index (κ2) is 5.40.